The molecular weight excluding hydrogens is 491 g/mol. The highest BCUT2D eigenvalue weighted by Crippen LogP contribution is 2.60. The van der Waals surface area contributed by atoms with Gasteiger partial charge in [0.15, 0.2) is 0 Å². The Morgan fingerprint density at radius 2 is 1.00 bits per heavy atom. The van der Waals surface area contributed by atoms with Crippen molar-refractivity contribution in [3.05, 3.63) is 0 Å². The molecule has 0 nitrogen and oxygen atoms in total. The third-order valence-corrected chi connectivity index (χ3v) is 10.1. The van der Waals surface area contributed by atoms with Gasteiger partial charge in [-0.25, -0.2) is 0 Å². The summed E-state index contributed by atoms with van der Waals surface area (Å²) in [5.41, 5.74) is 0. The van der Waals surface area contributed by atoms with Crippen LogP contribution in [-0.2, 0) is 0 Å². The van der Waals surface area contributed by atoms with Crippen LogP contribution in [0.2, 0.25) is 18.5 Å². The number of terminal acetylenes is 2. The highest BCUT2D eigenvalue weighted by Gasteiger charge is 2.53. The van der Waals surface area contributed by atoms with Crippen LogP contribution in [0.4, 0.5) is 0 Å². The molecule has 198 valence electrons. The van der Waals surface area contributed by atoms with Crippen LogP contribution in [0.3, 0.4) is 0 Å². The lowest BCUT2D eigenvalue weighted by Crippen LogP contribution is -2.36. The van der Waals surface area contributed by atoms with Gasteiger partial charge < -0.3 is 0 Å². The summed E-state index contributed by atoms with van der Waals surface area (Å²) < 4.78 is 0. The Bertz CT molecular complexity index is 1580. The third-order valence-electron chi connectivity index (χ3n) is 10.1. The molecule has 0 amide bonds. The van der Waals surface area contributed by atoms with E-state index in [0.717, 1.165) is 42.0 Å². The van der Waals surface area contributed by atoms with Gasteiger partial charge in [0.1, 0.15) is 6.71 Å². The molecule has 9 unspecified atom stereocenters. The number of hydrogen-bond donors (Lipinski definition) is 0. The predicted octanol–water partition coefficient (Wildman–Crippen LogP) is 6.04. The van der Waals surface area contributed by atoms with E-state index < -0.39 is 0 Å². The minimum atomic E-state index is 0.456. The second-order valence-electron chi connectivity index (χ2n) is 11.9. The van der Waals surface area contributed by atoms with Crippen molar-refractivity contribution in [3.8, 4) is 119 Å². The average Bonchev–Trinajstić information content (AvgIpc) is 3.57. The smallest absolute Gasteiger partial charge is 0.106 e. The summed E-state index contributed by atoms with van der Waals surface area (Å²) in [6.07, 6.45) is 21.8. The van der Waals surface area contributed by atoms with Gasteiger partial charge in [0.25, 0.3) is 0 Å². The molecule has 0 radical (unpaired) electrons. The summed E-state index contributed by atoms with van der Waals surface area (Å²) in [4.78, 5) is 0. The normalized spacial score (nSPS) is 31.4. The first-order valence-corrected chi connectivity index (χ1v) is 15.1. The van der Waals surface area contributed by atoms with E-state index in [2.05, 4.69) is 120 Å². The van der Waals surface area contributed by atoms with Crippen molar-refractivity contribution in [2.24, 2.45) is 41.4 Å². The Hall–Kier alpha value is -4.34. The molecule has 1 heteroatoms. The first-order chi connectivity index (χ1) is 20.2. The highest BCUT2D eigenvalue weighted by atomic mass is 14.5. The molecule has 0 bridgehead atoms. The summed E-state index contributed by atoms with van der Waals surface area (Å²) in [6, 6.07) is 0. The largest absolute Gasteiger partial charge is 0.144 e. The third kappa shape index (κ3) is 7.66. The van der Waals surface area contributed by atoms with Gasteiger partial charge in [-0.1, -0.05) is 69.3 Å². The van der Waals surface area contributed by atoms with E-state index in [1.165, 1.54) is 57.8 Å². The Morgan fingerprint density at radius 1 is 0.512 bits per heavy atom. The summed E-state index contributed by atoms with van der Waals surface area (Å²) >= 11 is 0. The lowest BCUT2D eigenvalue weighted by Gasteiger charge is -2.40. The minimum Gasteiger partial charge on any atom is -0.106 e. The van der Waals surface area contributed by atoms with E-state index in [1.54, 1.807) is 0 Å². The minimum absolute atomic E-state index is 0.456. The van der Waals surface area contributed by atoms with Crippen LogP contribution in [0.1, 0.15) is 64.7 Å². The molecule has 4 aliphatic carbocycles. The van der Waals surface area contributed by atoms with Crippen molar-refractivity contribution in [1.29, 1.82) is 0 Å². The van der Waals surface area contributed by atoms with Gasteiger partial charge in [0.2, 0.25) is 0 Å². The molecule has 4 aliphatic rings. The molecule has 0 heterocycles. The molecule has 0 aromatic heterocycles. The predicted molar refractivity (Wildman–Crippen MR) is 171 cm³/mol. The Morgan fingerprint density at radius 3 is 1.56 bits per heavy atom. The molecule has 0 saturated heterocycles. The monoisotopic (exact) mass is 526 g/mol. The average molecular weight is 527 g/mol. The first-order valence-electron chi connectivity index (χ1n) is 15.1. The Labute approximate surface area is 250 Å². The summed E-state index contributed by atoms with van der Waals surface area (Å²) in [5.74, 6) is 56.1. The van der Waals surface area contributed by atoms with Crippen molar-refractivity contribution in [2.45, 2.75) is 83.2 Å². The second kappa shape index (κ2) is 15.5. The van der Waals surface area contributed by atoms with E-state index in [1.807, 2.05) is 0 Å². The lowest BCUT2D eigenvalue weighted by molar-refractivity contribution is 0.217. The summed E-state index contributed by atoms with van der Waals surface area (Å²) in [6.45, 7) is 5.85. The lowest BCUT2D eigenvalue weighted by atomic mass is 9.30. The van der Waals surface area contributed by atoms with Crippen LogP contribution >= 0.6 is 0 Å². The zero-order chi connectivity index (χ0) is 28.9. The summed E-state index contributed by atoms with van der Waals surface area (Å²) in [7, 11) is 0. The SMILES string of the molecule is C#CC#CC#CC#CC#CC1CCCC2C(B(C)C3C(C)CC4C(C#CC#CC#CC#CC#C)CCCC43)CCC12. The van der Waals surface area contributed by atoms with Crippen LogP contribution in [0.15, 0.2) is 0 Å². The maximum absolute atomic E-state index is 5.09. The van der Waals surface area contributed by atoms with Gasteiger partial charge in [0, 0.05) is 11.8 Å². The van der Waals surface area contributed by atoms with E-state index >= 15 is 0 Å². The van der Waals surface area contributed by atoms with E-state index in [9.17, 15) is 0 Å². The fourth-order valence-electron chi connectivity index (χ4n) is 8.82. The van der Waals surface area contributed by atoms with Gasteiger partial charge in [-0.3, -0.25) is 0 Å². The highest BCUT2D eigenvalue weighted by molar-refractivity contribution is 6.61. The fraction of sp³-hybridized carbons (Fsp3) is 0.500. The first kappa shape index (κ1) is 29.6. The van der Waals surface area contributed by atoms with Crippen LogP contribution < -0.4 is 0 Å². The van der Waals surface area contributed by atoms with Gasteiger partial charge >= 0.3 is 0 Å². The molecule has 4 saturated carbocycles. The van der Waals surface area contributed by atoms with E-state index in [4.69, 9.17) is 12.8 Å². The number of hydrogen-bond acceptors (Lipinski definition) is 0. The zero-order valence-corrected chi connectivity index (χ0v) is 24.3. The van der Waals surface area contributed by atoms with E-state index in [0.29, 0.717) is 17.8 Å². The van der Waals surface area contributed by atoms with Crippen molar-refractivity contribution < 1.29 is 0 Å². The number of fused-ring (bicyclic) bond motifs is 2. The van der Waals surface area contributed by atoms with Gasteiger partial charge in [-0.15, -0.1) is 12.8 Å². The molecule has 41 heavy (non-hydrogen) atoms. The van der Waals surface area contributed by atoms with Crippen LogP contribution in [0, 0.1) is 161 Å². The topological polar surface area (TPSA) is 0 Å². The molecule has 0 aliphatic heterocycles. The summed E-state index contributed by atoms with van der Waals surface area (Å²) in [5, 5.41) is 0. The van der Waals surface area contributed by atoms with Crippen LogP contribution in [0.5, 0.6) is 0 Å². The molecule has 4 rings (SSSR count). The molecule has 9 atom stereocenters. The van der Waals surface area contributed by atoms with Gasteiger partial charge in [-0.05, 0) is 150 Å². The second-order valence-corrected chi connectivity index (χ2v) is 11.9. The van der Waals surface area contributed by atoms with Crippen molar-refractivity contribution in [1.82, 2.24) is 0 Å². The van der Waals surface area contributed by atoms with Gasteiger partial charge in [0.05, 0.1) is 0 Å². The molecule has 0 aromatic rings. The Balaban J connectivity index is 1.40. The maximum atomic E-state index is 5.09. The molecular formula is C40H35B. The van der Waals surface area contributed by atoms with Crippen LogP contribution in [-0.4, -0.2) is 6.71 Å². The van der Waals surface area contributed by atoms with Crippen LogP contribution in [0.25, 0.3) is 0 Å². The van der Waals surface area contributed by atoms with Crippen molar-refractivity contribution in [3.63, 3.8) is 0 Å². The molecule has 0 N–H and O–H groups in total. The molecule has 4 fully saturated rings. The number of rotatable bonds is 2. The van der Waals surface area contributed by atoms with Crippen molar-refractivity contribution >= 4 is 6.71 Å². The zero-order valence-electron chi connectivity index (χ0n) is 24.3. The Kier molecular flexibility index (Phi) is 11.2. The maximum Gasteiger partial charge on any atom is 0.144 e. The van der Waals surface area contributed by atoms with Gasteiger partial charge in [-0.2, -0.15) is 0 Å². The fourth-order valence-corrected chi connectivity index (χ4v) is 8.82. The standard InChI is InChI=1S/C40H35B/c1-5-7-9-11-13-15-17-19-23-33-25-21-27-36-35(33)29-30-39(36)41(4)40-32(3)31-38-34(26-22-28-37(38)40)24-20-18-16-14-12-10-8-6-2/h1-2,32-40H,21-22,25-31H2,3-4H3. The van der Waals surface area contributed by atoms with E-state index in [-0.39, 0.29) is 0 Å². The quantitative estimate of drug-likeness (QED) is 0.304. The van der Waals surface area contributed by atoms with Crippen molar-refractivity contribution in [2.75, 3.05) is 0 Å². The molecule has 0 spiro atoms. The molecule has 0 aromatic carbocycles.